The highest BCUT2D eigenvalue weighted by molar-refractivity contribution is 8.76. The van der Waals surface area contributed by atoms with Crippen LogP contribution in [0.15, 0.2) is 36.5 Å². The lowest BCUT2D eigenvalue weighted by Crippen LogP contribution is -3.00. The number of imidazole rings is 1. The SMILES string of the molecule is CCOC(=O)CSSCc1c(C)ccc[n+]1-c1nc2ccc(C(F)(F)F)cc2[nH]1.[Cl-]. The number of benzene rings is 1. The van der Waals surface area contributed by atoms with E-state index in [9.17, 15) is 18.0 Å². The highest BCUT2D eigenvalue weighted by Gasteiger charge is 2.31. The zero-order valence-electron chi connectivity index (χ0n) is 16.1. The Morgan fingerprint density at radius 1 is 1.27 bits per heavy atom. The highest BCUT2D eigenvalue weighted by atomic mass is 35.5. The van der Waals surface area contributed by atoms with Crippen LogP contribution in [-0.2, 0) is 21.5 Å². The first-order valence-corrected chi connectivity index (χ1v) is 11.3. The first-order valence-electron chi connectivity index (χ1n) is 8.77. The molecule has 1 aromatic carbocycles. The van der Waals surface area contributed by atoms with Crippen molar-refractivity contribution in [2.45, 2.75) is 25.8 Å². The minimum atomic E-state index is -4.41. The van der Waals surface area contributed by atoms with E-state index in [1.807, 2.05) is 23.6 Å². The normalized spacial score (nSPS) is 11.4. The van der Waals surface area contributed by atoms with Crippen LogP contribution in [-0.4, -0.2) is 28.3 Å². The van der Waals surface area contributed by atoms with Crippen molar-refractivity contribution in [3.63, 3.8) is 0 Å². The number of nitrogens with one attached hydrogen (secondary N) is 1. The summed E-state index contributed by atoms with van der Waals surface area (Å²) in [5.41, 5.74) is 1.99. The second kappa shape index (κ2) is 10.4. The van der Waals surface area contributed by atoms with Crippen LogP contribution in [0.3, 0.4) is 0 Å². The van der Waals surface area contributed by atoms with Crippen molar-refractivity contribution < 1.29 is 39.7 Å². The van der Waals surface area contributed by atoms with Gasteiger partial charge in [0, 0.05) is 0 Å². The van der Waals surface area contributed by atoms with Gasteiger partial charge in [-0.25, -0.2) is 9.55 Å². The number of carbonyl (C=O) groups excluding carboxylic acids is 1. The van der Waals surface area contributed by atoms with Crippen LogP contribution in [0.1, 0.15) is 23.7 Å². The first-order chi connectivity index (χ1) is 13.8. The van der Waals surface area contributed by atoms with E-state index < -0.39 is 11.7 Å². The second-order valence-corrected chi connectivity index (χ2v) is 8.59. The van der Waals surface area contributed by atoms with Crippen LogP contribution < -0.4 is 17.0 Å². The fraction of sp³-hybridized carbons (Fsp3) is 0.316. The molecular weight excluding hydrogens is 459 g/mol. The smallest absolute Gasteiger partial charge is 0.416 e. The molecule has 0 amide bonds. The van der Waals surface area contributed by atoms with Crippen molar-refractivity contribution in [2.24, 2.45) is 0 Å². The molecule has 1 N–H and O–H groups in total. The molecule has 0 unspecified atom stereocenters. The molecule has 0 aliphatic rings. The topological polar surface area (TPSA) is 58.9 Å². The van der Waals surface area contributed by atoms with Gasteiger partial charge in [-0.1, -0.05) is 32.6 Å². The maximum Gasteiger partial charge on any atom is 0.416 e. The van der Waals surface area contributed by atoms with Crippen LogP contribution in [0, 0.1) is 6.92 Å². The molecule has 11 heteroatoms. The van der Waals surface area contributed by atoms with E-state index in [-0.39, 0.29) is 24.1 Å². The number of aryl methyl sites for hydroxylation is 1. The first kappa shape index (κ1) is 24.4. The molecule has 0 saturated heterocycles. The number of hydrogen-bond donors (Lipinski definition) is 1. The second-order valence-electron chi connectivity index (χ2n) is 6.13. The van der Waals surface area contributed by atoms with E-state index in [0.717, 1.165) is 23.4 Å². The maximum atomic E-state index is 13.0. The number of rotatable bonds is 7. The molecule has 2 heterocycles. The summed E-state index contributed by atoms with van der Waals surface area (Å²) in [4.78, 5) is 18.9. The van der Waals surface area contributed by atoms with Gasteiger partial charge in [0.1, 0.15) is 11.3 Å². The Bertz CT molecular complexity index is 1030. The van der Waals surface area contributed by atoms with Crippen LogP contribution >= 0.6 is 21.6 Å². The number of esters is 1. The Morgan fingerprint density at radius 3 is 2.73 bits per heavy atom. The average molecular weight is 478 g/mol. The monoisotopic (exact) mass is 477 g/mol. The van der Waals surface area contributed by atoms with Crippen molar-refractivity contribution in [1.82, 2.24) is 9.97 Å². The van der Waals surface area contributed by atoms with Gasteiger partial charge < -0.3 is 17.1 Å². The number of alkyl halides is 3. The summed E-state index contributed by atoms with van der Waals surface area (Å²) in [6, 6.07) is 7.25. The molecule has 30 heavy (non-hydrogen) atoms. The number of fused-ring (bicyclic) bond motifs is 1. The minimum absolute atomic E-state index is 0. The quantitative estimate of drug-likeness (QED) is 0.242. The largest absolute Gasteiger partial charge is 1.00 e. The minimum Gasteiger partial charge on any atom is -1.00 e. The van der Waals surface area contributed by atoms with Crippen LogP contribution in [0.25, 0.3) is 17.0 Å². The van der Waals surface area contributed by atoms with Crippen molar-refractivity contribution in [1.29, 1.82) is 0 Å². The van der Waals surface area contributed by atoms with Gasteiger partial charge >= 0.3 is 18.1 Å². The summed E-state index contributed by atoms with van der Waals surface area (Å²) in [6.45, 7) is 4.06. The third-order valence-electron chi connectivity index (χ3n) is 4.11. The number of H-pyrrole nitrogens is 1. The van der Waals surface area contributed by atoms with E-state index in [0.29, 0.717) is 29.3 Å². The average Bonchev–Trinajstić information content (AvgIpc) is 3.08. The molecule has 0 radical (unpaired) electrons. The summed E-state index contributed by atoms with van der Waals surface area (Å²) in [5.74, 6) is 1.01. The van der Waals surface area contributed by atoms with Crippen molar-refractivity contribution >= 4 is 38.6 Å². The van der Waals surface area contributed by atoms with Crippen molar-refractivity contribution in [3.05, 3.63) is 53.3 Å². The Labute approximate surface area is 185 Å². The number of halogens is 4. The Kier molecular flexibility index (Phi) is 8.45. The van der Waals surface area contributed by atoms with Gasteiger partial charge in [-0.15, -0.1) is 0 Å². The zero-order chi connectivity index (χ0) is 21.0. The number of nitrogens with zero attached hydrogens (tertiary/aromatic N) is 2. The predicted molar refractivity (Wildman–Crippen MR) is 108 cm³/mol. The lowest BCUT2D eigenvalue weighted by molar-refractivity contribution is -0.610. The molecule has 3 aromatic rings. The van der Waals surface area contributed by atoms with E-state index >= 15 is 0 Å². The Morgan fingerprint density at radius 2 is 2.03 bits per heavy atom. The molecule has 0 spiro atoms. The molecule has 0 atom stereocenters. The Hall–Kier alpha value is -1.91. The van der Waals surface area contributed by atoms with E-state index in [4.69, 9.17) is 4.74 Å². The van der Waals surface area contributed by atoms with E-state index in [2.05, 4.69) is 9.97 Å². The highest BCUT2D eigenvalue weighted by Crippen LogP contribution is 2.31. The van der Waals surface area contributed by atoms with Gasteiger partial charge in [0.25, 0.3) is 0 Å². The summed E-state index contributed by atoms with van der Waals surface area (Å²) >= 11 is 0. The molecule has 3 rings (SSSR count). The van der Waals surface area contributed by atoms with E-state index in [1.54, 1.807) is 13.1 Å². The van der Waals surface area contributed by atoms with Crippen LogP contribution in [0.5, 0.6) is 0 Å². The summed E-state index contributed by atoms with van der Waals surface area (Å²) in [7, 11) is 2.89. The molecule has 0 aliphatic carbocycles. The summed E-state index contributed by atoms with van der Waals surface area (Å²) in [6.07, 6.45) is -2.60. The fourth-order valence-electron chi connectivity index (χ4n) is 2.71. The van der Waals surface area contributed by atoms with Gasteiger partial charge in [0.15, 0.2) is 5.52 Å². The van der Waals surface area contributed by atoms with Gasteiger partial charge in [0.05, 0.1) is 29.8 Å². The number of carbonyl (C=O) groups is 1. The zero-order valence-corrected chi connectivity index (χ0v) is 18.5. The molecular formula is C19H19ClF3N3O2S2. The molecule has 162 valence electrons. The van der Waals surface area contributed by atoms with E-state index in [1.165, 1.54) is 27.7 Å². The molecule has 0 fully saturated rings. The molecule has 0 aliphatic heterocycles. The molecule has 2 aromatic heterocycles. The summed E-state index contributed by atoms with van der Waals surface area (Å²) < 4.78 is 45.6. The number of ether oxygens (including phenoxy) is 1. The Balaban J connectivity index is 0.00000320. The number of pyridine rings is 1. The predicted octanol–water partition coefficient (Wildman–Crippen LogP) is 1.62. The third kappa shape index (κ3) is 5.83. The summed E-state index contributed by atoms with van der Waals surface area (Å²) in [5, 5.41) is 0. The van der Waals surface area contributed by atoms with Crippen LogP contribution in [0.2, 0.25) is 0 Å². The van der Waals surface area contributed by atoms with Gasteiger partial charge in [0.2, 0.25) is 0 Å². The van der Waals surface area contributed by atoms with Crippen molar-refractivity contribution in [2.75, 3.05) is 12.4 Å². The molecule has 0 bridgehead atoms. The number of hydrogen-bond acceptors (Lipinski definition) is 5. The van der Waals surface area contributed by atoms with Gasteiger partial charge in [-0.05, 0) is 43.7 Å². The lowest BCUT2D eigenvalue weighted by Gasteiger charge is -2.08. The number of aromatic nitrogens is 3. The van der Waals surface area contributed by atoms with Gasteiger partial charge in [-0.3, -0.25) is 4.79 Å². The van der Waals surface area contributed by atoms with Gasteiger partial charge in [-0.2, -0.15) is 13.2 Å². The van der Waals surface area contributed by atoms with Crippen LogP contribution in [0.4, 0.5) is 13.2 Å². The number of aromatic amines is 1. The maximum absolute atomic E-state index is 13.0. The third-order valence-corrected chi connectivity index (χ3v) is 6.23. The lowest BCUT2D eigenvalue weighted by atomic mass is 10.2. The fourth-order valence-corrected chi connectivity index (χ4v) is 4.66. The molecule has 5 nitrogen and oxygen atoms in total. The van der Waals surface area contributed by atoms with Crippen molar-refractivity contribution in [3.8, 4) is 5.95 Å². The standard InChI is InChI=1S/C19H19F3N3O2S2.ClH/c1-3-27-17(26)11-29-28-10-16-12(2)5-4-8-25(16)18-23-14-7-6-13(19(20,21)22)9-15(14)24-18;/h4-9H,3,10-11H2,1-2H3,(H,23,24);1H/q+1;/p-1. The molecule has 0 saturated carbocycles.